The summed E-state index contributed by atoms with van der Waals surface area (Å²) in [6.07, 6.45) is 2.57. The van der Waals surface area contributed by atoms with Crippen LogP contribution >= 0.6 is 11.3 Å². The van der Waals surface area contributed by atoms with Gasteiger partial charge in [-0.1, -0.05) is 6.07 Å². The molecule has 0 aliphatic heterocycles. The first kappa shape index (κ1) is 11.3. The number of rotatable bonds is 3. The molecule has 0 aromatic carbocycles. The van der Waals surface area contributed by atoms with Gasteiger partial charge in [0.1, 0.15) is 5.78 Å². The fourth-order valence-electron chi connectivity index (χ4n) is 1.93. The summed E-state index contributed by atoms with van der Waals surface area (Å²) in [6.45, 7) is 0.612. The molecular weight excluding hydrogens is 222 g/mol. The lowest BCUT2D eigenvalue weighted by Crippen LogP contribution is -2.32. The van der Waals surface area contributed by atoms with Gasteiger partial charge in [0.2, 0.25) is 5.91 Å². The van der Waals surface area contributed by atoms with Gasteiger partial charge in [0.25, 0.3) is 0 Å². The van der Waals surface area contributed by atoms with Crippen molar-refractivity contribution in [2.75, 3.05) is 0 Å². The van der Waals surface area contributed by atoms with Crippen LogP contribution in [0.25, 0.3) is 0 Å². The Morgan fingerprint density at radius 3 is 2.81 bits per heavy atom. The average Bonchev–Trinajstić information content (AvgIpc) is 2.80. The van der Waals surface area contributed by atoms with Crippen molar-refractivity contribution in [1.29, 1.82) is 0 Å². The second-order valence-corrected chi connectivity index (χ2v) is 5.14. The van der Waals surface area contributed by atoms with Crippen LogP contribution in [0.2, 0.25) is 0 Å². The van der Waals surface area contributed by atoms with Crippen LogP contribution in [-0.2, 0) is 16.1 Å². The first-order chi connectivity index (χ1) is 7.75. The lowest BCUT2D eigenvalue weighted by molar-refractivity contribution is -0.128. The van der Waals surface area contributed by atoms with Crippen molar-refractivity contribution in [3.05, 3.63) is 22.4 Å². The van der Waals surface area contributed by atoms with Gasteiger partial charge in [0.15, 0.2) is 0 Å². The van der Waals surface area contributed by atoms with Gasteiger partial charge in [-0.05, 0) is 24.3 Å². The number of hydrogen-bond donors (Lipinski definition) is 1. The molecule has 1 heterocycles. The first-order valence-corrected chi connectivity index (χ1v) is 6.45. The van der Waals surface area contributed by atoms with Gasteiger partial charge in [-0.25, -0.2) is 0 Å². The first-order valence-electron chi connectivity index (χ1n) is 5.57. The smallest absolute Gasteiger partial charge is 0.223 e. The van der Waals surface area contributed by atoms with E-state index in [4.69, 9.17) is 0 Å². The van der Waals surface area contributed by atoms with E-state index in [0.29, 0.717) is 25.2 Å². The van der Waals surface area contributed by atoms with Crippen molar-refractivity contribution in [2.24, 2.45) is 5.92 Å². The average molecular weight is 237 g/mol. The number of thiophene rings is 1. The van der Waals surface area contributed by atoms with Crippen LogP contribution in [0.1, 0.15) is 30.6 Å². The molecule has 1 aliphatic rings. The molecule has 0 bridgehead atoms. The molecule has 0 spiro atoms. The Kier molecular flexibility index (Phi) is 3.72. The minimum Gasteiger partial charge on any atom is -0.351 e. The summed E-state index contributed by atoms with van der Waals surface area (Å²) >= 11 is 1.64. The normalized spacial score (nSPS) is 17.4. The van der Waals surface area contributed by atoms with Crippen LogP contribution < -0.4 is 5.32 Å². The zero-order chi connectivity index (χ0) is 11.4. The maximum atomic E-state index is 11.8. The maximum Gasteiger partial charge on any atom is 0.223 e. The summed E-state index contributed by atoms with van der Waals surface area (Å²) in [5.41, 5.74) is 0. The number of carbonyl (C=O) groups excluding carboxylic acids is 2. The largest absolute Gasteiger partial charge is 0.351 e. The molecule has 0 saturated heterocycles. The highest BCUT2D eigenvalue weighted by Gasteiger charge is 2.24. The van der Waals surface area contributed by atoms with Crippen molar-refractivity contribution in [3.63, 3.8) is 0 Å². The van der Waals surface area contributed by atoms with E-state index in [-0.39, 0.29) is 11.8 Å². The molecule has 4 heteroatoms. The highest BCUT2D eigenvalue weighted by Crippen LogP contribution is 2.21. The van der Waals surface area contributed by atoms with E-state index in [1.54, 1.807) is 11.3 Å². The van der Waals surface area contributed by atoms with Gasteiger partial charge in [-0.2, -0.15) is 0 Å². The molecule has 1 fully saturated rings. The molecule has 1 saturated carbocycles. The molecule has 1 amide bonds. The highest BCUT2D eigenvalue weighted by atomic mass is 32.1. The van der Waals surface area contributed by atoms with E-state index in [1.807, 2.05) is 17.5 Å². The highest BCUT2D eigenvalue weighted by molar-refractivity contribution is 7.09. The monoisotopic (exact) mass is 237 g/mol. The van der Waals surface area contributed by atoms with E-state index in [2.05, 4.69) is 5.32 Å². The van der Waals surface area contributed by atoms with Crippen LogP contribution in [0.3, 0.4) is 0 Å². The molecular formula is C12H15NO2S. The Morgan fingerprint density at radius 2 is 2.19 bits per heavy atom. The topological polar surface area (TPSA) is 46.2 Å². The fourth-order valence-corrected chi connectivity index (χ4v) is 2.58. The molecule has 0 unspecified atom stereocenters. The molecule has 16 heavy (non-hydrogen) atoms. The zero-order valence-corrected chi connectivity index (χ0v) is 9.89. The molecule has 1 aliphatic carbocycles. The Balaban J connectivity index is 1.77. The van der Waals surface area contributed by atoms with Gasteiger partial charge in [0, 0.05) is 23.6 Å². The quantitative estimate of drug-likeness (QED) is 0.875. The van der Waals surface area contributed by atoms with Crippen LogP contribution in [0.5, 0.6) is 0 Å². The standard InChI is InChI=1S/C12H15NO2S/c14-10-5-3-9(4-6-10)12(15)13-8-11-2-1-7-16-11/h1-2,7,9H,3-6,8H2,(H,13,15). The summed E-state index contributed by atoms with van der Waals surface area (Å²) in [5, 5.41) is 4.93. The Labute approximate surface area is 98.9 Å². The molecule has 0 radical (unpaired) electrons. The van der Waals surface area contributed by atoms with Crippen molar-refractivity contribution < 1.29 is 9.59 Å². The summed E-state index contributed by atoms with van der Waals surface area (Å²) < 4.78 is 0. The summed E-state index contributed by atoms with van der Waals surface area (Å²) in [6, 6.07) is 3.99. The Morgan fingerprint density at radius 1 is 1.44 bits per heavy atom. The molecule has 1 aromatic heterocycles. The van der Waals surface area contributed by atoms with Crippen molar-refractivity contribution in [2.45, 2.75) is 32.2 Å². The number of nitrogens with one attached hydrogen (secondary N) is 1. The van der Waals surface area contributed by atoms with E-state index >= 15 is 0 Å². The number of carbonyl (C=O) groups is 2. The molecule has 0 atom stereocenters. The van der Waals surface area contributed by atoms with E-state index in [9.17, 15) is 9.59 Å². The third-order valence-corrected chi connectivity index (χ3v) is 3.81. The lowest BCUT2D eigenvalue weighted by atomic mass is 9.88. The van der Waals surface area contributed by atoms with Gasteiger partial charge < -0.3 is 5.32 Å². The summed E-state index contributed by atoms with van der Waals surface area (Å²) in [4.78, 5) is 24.0. The van der Waals surface area contributed by atoms with Crippen LogP contribution in [0, 0.1) is 5.92 Å². The van der Waals surface area contributed by atoms with E-state index in [0.717, 1.165) is 12.8 Å². The fraction of sp³-hybridized carbons (Fsp3) is 0.500. The van der Waals surface area contributed by atoms with Crippen LogP contribution in [0.15, 0.2) is 17.5 Å². The Hall–Kier alpha value is -1.16. The molecule has 3 nitrogen and oxygen atoms in total. The second-order valence-electron chi connectivity index (χ2n) is 4.11. The third kappa shape index (κ3) is 2.92. The van der Waals surface area contributed by atoms with Gasteiger partial charge in [-0.3, -0.25) is 9.59 Å². The SMILES string of the molecule is O=C1CCC(C(=O)NCc2cccs2)CC1. The zero-order valence-electron chi connectivity index (χ0n) is 9.07. The molecule has 2 rings (SSSR count). The van der Waals surface area contributed by atoms with Crippen LogP contribution in [0.4, 0.5) is 0 Å². The van der Waals surface area contributed by atoms with E-state index < -0.39 is 0 Å². The molecule has 1 N–H and O–H groups in total. The number of ketones is 1. The predicted octanol–water partition coefficient (Wildman–Crippen LogP) is 2.12. The minimum absolute atomic E-state index is 0.0395. The second kappa shape index (κ2) is 5.25. The summed E-state index contributed by atoms with van der Waals surface area (Å²) in [5.74, 6) is 0.431. The van der Waals surface area contributed by atoms with Crippen LogP contribution in [-0.4, -0.2) is 11.7 Å². The molecule has 1 aromatic rings. The van der Waals surface area contributed by atoms with Crippen molar-refractivity contribution in [3.8, 4) is 0 Å². The Bertz CT molecular complexity index is 362. The molecule has 86 valence electrons. The van der Waals surface area contributed by atoms with Gasteiger partial charge in [-0.15, -0.1) is 11.3 Å². The lowest BCUT2D eigenvalue weighted by Gasteiger charge is -2.19. The van der Waals surface area contributed by atoms with Crippen molar-refractivity contribution >= 4 is 23.0 Å². The van der Waals surface area contributed by atoms with E-state index in [1.165, 1.54) is 4.88 Å². The predicted molar refractivity (Wildman–Crippen MR) is 63.1 cm³/mol. The number of hydrogen-bond acceptors (Lipinski definition) is 3. The number of Topliss-reactive ketones (excluding diaryl/α,β-unsaturated/α-hetero) is 1. The minimum atomic E-state index is 0.0395. The number of amides is 1. The summed E-state index contributed by atoms with van der Waals surface area (Å²) in [7, 11) is 0. The third-order valence-electron chi connectivity index (χ3n) is 2.93. The van der Waals surface area contributed by atoms with Gasteiger partial charge in [0.05, 0.1) is 6.54 Å². The maximum absolute atomic E-state index is 11.8. The van der Waals surface area contributed by atoms with Gasteiger partial charge >= 0.3 is 0 Å². The van der Waals surface area contributed by atoms with Crippen molar-refractivity contribution in [1.82, 2.24) is 5.32 Å².